The number of nitrogen functional groups attached to an aromatic ring is 1. The summed E-state index contributed by atoms with van der Waals surface area (Å²) in [5.74, 6) is -0.142. The van der Waals surface area contributed by atoms with Gasteiger partial charge < -0.3 is 16.0 Å². The van der Waals surface area contributed by atoms with E-state index in [1.165, 1.54) is 0 Å². The Morgan fingerprint density at radius 3 is 2.67 bits per heavy atom. The van der Waals surface area contributed by atoms with Crippen LogP contribution in [0.5, 0.6) is 0 Å². The Balaban J connectivity index is 2.20. The van der Waals surface area contributed by atoms with Gasteiger partial charge in [0.15, 0.2) is 0 Å². The van der Waals surface area contributed by atoms with Gasteiger partial charge in [-0.3, -0.25) is 9.59 Å². The van der Waals surface area contributed by atoms with Crippen LogP contribution >= 0.6 is 0 Å². The van der Waals surface area contributed by atoms with Gasteiger partial charge in [0.05, 0.1) is 5.92 Å². The van der Waals surface area contributed by atoms with Gasteiger partial charge in [-0.05, 0) is 43.9 Å². The van der Waals surface area contributed by atoms with Gasteiger partial charge in [0.25, 0.3) is 5.91 Å². The first-order valence-electron chi connectivity index (χ1n) is 7.31. The summed E-state index contributed by atoms with van der Waals surface area (Å²) in [6.45, 7) is 5.02. The molecular weight excluding hydrogens is 266 g/mol. The summed E-state index contributed by atoms with van der Waals surface area (Å²) in [6, 6.07) is 3.68. The van der Waals surface area contributed by atoms with E-state index in [2.05, 4.69) is 5.32 Å². The Hall–Kier alpha value is -2.04. The van der Waals surface area contributed by atoms with E-state index in [1.807, 2.05) is 19.9 Å². The minimum Gasteiger partial charge on any atom is -0.398 e. The smallest absolute Gasteiger partial charge is 0.254 e. The fourth-order valence-electron chi connectivity index (χ4n) is 2.85. The molecule has 0 saturated carbocycles. The van der Waals surface area contributed by atoms with E-state index in [0.717, 1.165) is 24.0 Å². The Morgan fingerprint density at radius 2 is 2.00 bits per heavy atom. The minimum atomic E-state index is -0.115. The Morgan fingerprint density at radius 1 is 1.29 bits per heavy atom. The molecule has 1 saturated heterocycles. The van der Waals surface area contributed by atoms with Crippen LogP contribution in [0.1, 0.15) is 34.3 Å². The summed E-state index contributed by atoms with van der Waals surface area (Å²) in [5.41, 5.74) is 9.08. The zero-order chi connectivity index (χ0) is 15.6. The number of carbonyl (C=O) groups excluding carboxylic acids is 2. The van der Waals surface area contributed by atoms with Crippen molar-refractivity contribution in [2.24, 2.45) is 5.92 Å². The molecule has 0 aromatic heterocycles. The van der Waals surface area contributed by atoms with Crippen LogP contribution in [0.15, 0.2) is 12.1 Å². The van der Waals surface area contributed by atoms with E-state index >= 15 is 0 Å². The normalized spacial score (nSPS) is 18.4. The van der Waals surface area contributed by atoms with Crippen LogP contribution < -0.4 is 11.1 Å². The molecule has 5 heteroatoms. The lowest BCUT2D eigenvalue weighted by Crippen LogP contribution is -2.45. The minimum absolute atomic E-state index is 0.00708. The van der Waals surface area contributed by atoms with Gasteiger partial charge in [-0.1, -0.05) is 6.07 Å². The molecule has 0 bridgehead atoms. The molecule has 1 aliphatic rings. The second-order valence-corrected chi connectivity index (χ2v) is 5.73. The lowest BCUT2D eigenvalue weighted by molar-refractivity contribution is -0.125. The lowest BCUT2D eigenvalue weighted by atomic mass is 9.95. The van der Waals surface area contributed by atoms with Crippen LogP contribution in [0.4, 0.5) is 5.69 Å². The van der Waals surface area contributed by atoms with Crippen LogP contribution in [-0.4, -0.2) is 36.9 Å². The van der Waals surface area contributed by atoms with E-state index in [1.54, 1.807) is 18.0 Å². The van der Waals surface area contributed by atoms with E-state index in [0.29, 0.717) is 24.3 Å². The fraction of sp³-hybridized carbons (Fsp3) is 0.500. The van der Waals surface area contributed by atoms with Gasteiger partial charge in [0, 0.05) is 31.4 Å². The molecule has 114 valence electrons. The monoisotopic (exact) mass is 289 g/mol. The highest BCUT2D eigenvalue weighted by Gasteiger charge is 2.29. The van der Waals surface area contributed by atoms with Gasteiger partial charge >= 0.3 is 0 Å². The molecule has 5 nitrogen and oxygen atoms in total. The molecule has 1 aromatic carbocycles. The molecule has 1 fully saturated rings. The highest BCUT2D eigenvalue weighted by molar-refractivity contribution is 5.97. The molecule has 2 rings (SSSR count). The number of nitrogens with one attached hydrogen (secondary N) is 1. The molecule has 0 aliphatic carbocycles. The number of piperidine rings is 1. The van der Waals surface area contributed by atoms with E-state index < -0.39 is 0 Å². The van der Waals surface area contributed by atoms with Gasteiger partial charge in [-0.15, -0.1) is 0 Å². The number of aryl methyl sites for hydroxylation is 2. The first-order chi connectivity index (χ1) is 9.93. The Labute approximate surface area is 125 Å². The first kappa shape index (κ1) is 15.4. The first-order valence-corrected chi connectivity index (χ1v) is 7.31. The predicted octanol–water partition coefficient (Wildman–Crippen LogP) is 1.48. The maximum absolute atomic E-state index is 12.7. The molecule has 2 amide bonds. The maximum Gasteiger partial charge on any atom is 0.254 e. The third kappa shape index (κ3) is 3.17. The van der Waals surface area contributed by atoms with Gasteiger partial charge in [0.1, 0.15) is 0 Å². The largest absolute Gasteiger partial charge is 0.398 e. The fourth-order valence-corrected chi connectivity index (χ4v) is 2.85. The second-order valence-electron chi connectivity index (χ2n) is 5.73. The number of nitrogens with two attached hydrogens (primary N) is 1. The maximum atomic E-state index is 12.7. The van der Waals surface area contributed by atoms with Crippen molar-refractivity contribution in [3.8, 4) is 0 Å². The number of amides is 2. The summed E-state index contributed by atoms with van der Waals surface area (Å²) in [6.07, 6.45) is 1.68. The molecule has 21 heavy (non-hydrogen) atoms. The van der Waals surface area contributed by atoms with Crippen LogP contribution in [-0.2, 0) is 4.79 Å². The molecule has 3 N–H and O–H groups in total. The SMILES string of the molecule is CNC(=O)C1CCCN(C(=O)c2cc(N)c(C)cc2C)C1. The topological polar surface area (TPSA) is 75.4 Å². The molecule has 1 aromatic rings. The van der Waals surface area contributed by atoms with E-state index in [9.17, 15) is 9.59 Å². The number of rotatable bonds is 2. The summed E-state index contributed by atoms with van der Waals surface area (Å²) >= 11 is 0. The van der Waals surface area contributed by atoms with Crippen molar-refractivity contribution < 1.29 is 9.59 Å². The molecule has 1 heterocycles. The van der Waals surface area contributed by atoms with Crippen molar-refractivity contribution in [2.75, 3.05) is 25.9 Å². The van der Waals surface area contributed by atoms with Crippen LogP contribution in [0.2, 0.25) is 0 Å². The number of carbonyl (C=O) groups is 2. The van der Waals surface area contributed by atoms with Crippen molar-refractivity contribution in [1.29, 1.82) is 0 Å². The molecule has 0 radical (unpaired) electrons. The quantitative estimate of drug-likeness (QED) is 0.810. The van der Waals surface area contributed by atoms with Gasteiger partial charge in [-0.2, -0.15) is 0 Å². The number of hydrogen-bond donors (Lipinski definition) is 2. The second kappa shape index (κ2) is 6.16. The van der Waals surface area contributed by atoms with E-state index in [-0.39, 0.29) is 17.7 Å². The predicted molar refractivity (Wildman–Crippen MR) is 83.0 cm³/mol. The Kier molecular flexibility index (Phi) is 4.50. The van der Waals surface area contributed by atoms with Gasteiger partial charge in [0.2, 0.25) is 5.91 Å². The number of benzene rings is 1. The van der Waals surface area contributed by atoms with Crippen LogP contribution in [0.3, 0.4) is 0 Å². The highest BCUT2D eigenvalue weighted by Crippen LogP contribution is 2.23. The van der Waals surface area contributed by atoms with Crippen LogP contribution in [0.25, 0.3) is 0 Å². The summed E-state index contributed by atoms with van der Waals surface area (Å²) in [4.78, 5) is 26.2. The summed E-state index contributed by atoms with van der Waals surface area (Å²) in [5, 5.41) is 2.66. The van der Waals surface area contributed by atoms with Crippen molar-refractivity contribution in [3.63, 3.8) is 0 Å². The van der Waals surface area contributed by atoms with E-state index in [4.69, 9.17) is 5.73 Å². The van der Waals surface area contributed by atoms with Crippen molar-refractivity contribution in [3.05, 3.63) is 28.8 Å². The lowest BCUT2D eigenvalue weighted by Gasteiger charge is -2.32. The van der Waals surface area contributed by atoms with Crippen LogP contribution in [0, 0.1) is 19.8 Å². The highest BCUT2D eigenvalue weighted by atomic mass is 16.2. The summed E-state index contributed by atoms with van der Waals surface area (Å²) < 4.78 is 0. The molecule has 0 spiro atoms. The van der Waals surface area contributed by atoms with Crippen molar-refractivity contribution >= 4 is 17.5 Å². The standard InChI is InChI=1S/C16H23N3O2/c1-10-7-11(2)14(17)8-13(10)16(21)19-6-4-5-12(9-19)15(20)18-3/h7-8,12H,4-6,9,17H2,1-3H3,(H,18,20). The van der Waals surface area contributed by atoms with Crippen molar-refractivity contribution in [1.82, 2.24) is 10.2 Å². The Bertz CT molecular complexity index is 569. The van der Waals surface area contributed by atoms with Crippen molar-refractivity contribution in [2.45, 2.75) is 26.7 Å². The average Bonchev–Trinajstić information content (AvgIpc) is 2.49. The molecule has 1 atom stereocenters. The number of likely N-dealkylation sites (tertiary alicyclic amines) is 1. The zero-order valence-electron chi connectivity index (χ0n) is 12.9. The number of nitrogens with zero attached hydrogens (tertiary/aromatic N) is 1. The summed E-state index contributed by atoms with van der Waals surface area (Å²) in [7, 11) is 1.63. The molecule has 1 aliphatic heterocycles. The molecule has 1 unspecified atom stereocenters. The zero-order valence-corrected chi connectivity index (χ0v) is 12.9. The molecular formula is C16H23N3O2. The third-order valence-corrected chi connectivity index (χ3v) is 4.17. The average molecular weight is 289 g/mol. The third-order valence-electron chi connectivity index (χ3n) is 4.17. The van der Waals surface area contributed by atoms with Gasteiger partial charge in [-0.25, -0.2) is 0 Å². The number of hydrogen-bond acceptors (Lipinski definition) is 3. The number of anilines is 1.